The van der Waals surface area contributed by atoms with Crippen molar-refractivity contribution < 1.29 is 4.74 Å². The summed E-state index contributed by atoms with van der Waals surface area (Å²) >= 11 is 0. The van der Waals surface area contributed by atoms with E-state index in [1.54, 1.807) is 7.11 Å². The van der Waals surface area contributed by atoms with E-state index in [0.717, 1.165) is 18.5 Å². The molecular formula is C11H25NO. The number of methoxy groups -OCH3 is 1. The van der Waals surface area contributed by atoms with Crippen LogP contribution in [0.2, 0.25) is 0 Å². The van der Waals surface area contributed by atoms with Crippen molar-refractivity contribution in [2.24, 2.45) is 5.92 Å². The van der Waals surface area contributed by atoms with Crippen LogP contribution in [0.25, 0.3) is 0 Å². The third-order valence-electron chi connectivity index (χ3n) is 2.67. The molecule has 1 fully saturated rings. The third kappa shape index (κ3) is 3.65. The molecule has 0 aromatic carbocycles. The minimum atomic E-state index is 0.465. The predicted molar refractivity (Wildman–Crippen MR) is 58.0 cm³/mol. The fraction of sp³-hybridized carbons (Fsp3) is 1.00. The number of rotatable bonds is 2. The molecule has 2 atom stereocenters. The van der Waals surface area contributed by atoms with Gasteiger partial charge in [-0.3, -0.25) is 0 Å². The second kappa shape index (κ2) is 6.39. The molecule has 80 valence electrons. The summed E-state index contributed by atoms with van der Waals surface area (Å²) in [7, 11) is 3.99. The van der Waals surface area contributed by atoms with Gasteiger partial charge in [0.05, 0.1) is 6.10 Å². The molecule has 1 rings (SSSR count). The molecule has 0 spiro atoms. The van der Waals surface area contributed by atoms with Crippen molar-refractivity contribution in [3.63, 3.8) is 0 Å². The second-order valence-corrected chi connectivity index (χ2v) is 3.84. The van der Waals surface area contributed by atoms with Gasteiger partial charge in [-0.2, -0.15) is 0 Å². The first-order chi connectivity index (χ1) is 6.15. The molecule has 0 amide bonds. The average Bonchev–Trinajstić information content (AvgIpc) is 2.50. The summed E-state index contributed by atoms with van der Waals surface area (Å²) < 4.78 is 5.32. The fourth-order valence-corrected chi connectivity index (χ4v) is 1.93. The lowest BCUT2D eigenvalue weighted by atomic mass is 10.0. The Bertz CT molecular complexity index is 125. The number of hydrogen-bond donors (Lipinski definition) is 0. The molecule has 0 aliphatic carbocycles. The quantitative estimate of drug-likeness (QED) is 0.658. The van der Waals surface area contributed by atoms with Gasteiger partial charge in [-0.25, -0.2) is 0 Å². The van der Waals surface area contributed by atoms with Gasteiger partial charge in [-0.15, -0.1) is 0 Å². The molecule has 2 nitrogen and oxygen atoms in total. The van der Waals surface area contributed by atoms with Gasteiger partial charge in [0, 0.05) is 19.7 Å². The molecule has 2 heteroatoms. The molecular weight excluding hydrogens is 162 g/mol. The van der Waals surface area contributed by atoms with Crippen molar-refractivity contribution in [3.05, 3.63) is 0 Å². The largest absolute Gasteiger partial charge is 0.380 e. The van der Waals surface area contributed by atoms with E-state index in [0.29, 0.717) is 6.10 Å². The Kier molecular flexibility index (Phi) is 6.35. The summed E-state index contributed by atoms with van der Waals surface area (Å²) in [5.41, 5.74) is 0. The van der Waals surface area contributed by atoms with E-state index in [1.165, 1.54) is 6.42 Å². The summed E-state index contributed by atoms with van der Waals surface area (Å²) in [5, 5.41) is 0. The highest BCUT2D eigenvalue weighted by Crippen LogP contribution is 2.23. The fourth-order valence-electron chi connectivity index (χ4n) is 1.93. The lowest BCUT2D eigenvalue weighted by Gasteiger charge is -2.22. The topological polar surface area (TPSA) is 12.5 Å². The summed E-state index contributed by atoms with van der Waals surface area (Å²) in [5.74, 6) is 0.750. The number of likely N-dealkylation sites (tertiary alicyclic amines) is 1. The van der Waals surface area contributed by atoms with Gasteiger partial charge >= 0.3 is 0 Å². The molecule has 0 bridgehead atoms. The summed E-state index contributed by atoms with van der Waals surface area (Å²) in [6.45, 7) is 9.65. The van der Waals surface area contributed by atoms with Gasteiger partial charge in [0.2, 0.25) is 0 Å². The molecule has 0 radical (unpaired) electrons. The Morgan fingerprint density at radius 2 is 1.85 bits per heavy atom. The van der Waals surface area contributed by atoms with Crippen LogP contribution in [0.4, 0.5) is 0 Å². The molecule has 0 aromatic heterocycles. The SMILES string of the molecule is CC.COC1CC(C(C)C)N(C)C1. The molecule has 1 aliphatic rings. The van der Waals surface area contributed by atoms with Gasteiger partial charge in [0.15, 0.2) is 0 Å². The first kappa shape index (κ1) is 12.9. The van der Waals surface area contributed by atoms with E-state index >= 15 is 0 Å². The average molecular weight is 187 g/mol. The monoisotopic (exact) mass is 187 g/mol. The van der Waals surface area contributed by atoms with E-state index in [9.17, 15) is 0 Å². The van der Waals surface area contributed by atoms with Gasteiger partial charge < -0.3 is 9.64 Å². The van der Waals surface area contributed by atoms with Gasteiger partial charge in [-0.05, 0) is 19.4 Å². The predicted octanol–water partition coefficient (Wildman–Crippen LogP) is 2.39. The minimum Gasteiger partial charge on any atom is -0.380 e. The van der Waals surface area contributed by atoms with Gasteiger partial charge in [0.25, 0.3) is 0 Å². The maximum atomic E-state index is 5.32. The van der Waals surface area contributed by atoms with Crippen LogP contribution in [-0.2, 0) is 4.74 Å². The molecule has 0 N–H and O–H groups in total. The van der Waals surface area contributed by atoms with E-state index in [-0.39, 0.29) is 0 Å². The number of ether oxygens (including phenoxy) is 1. The highest BCUT2D eigenvalue weighted by Gasteiger charge is 2.30. The van der Waals surface area contributed by atoms with E-state index in [1.807, 2.05) is 13.8 Å². The zero-order valence-corrected chi connectivity index (χ0v) is 10.0. The number of nitrogens with zero attached hydrogens (tertiary/aromatic N) is 1. The van der Waals surface area contributed by atoms with E-state index in [4.69, 9.17) is 4.74 Å². The zero-order valence-electron chi connectivity index (χ0n) is 10.0. The Morgan fingerprint density at radius 3 is 2.08 bits per heavy atom. The van der Waals surface area contributed by atoms with Crippen LogP contribution in [0.5, 0.6) is 0 Å². The smallest absolute Gasteiger partial charge is 0.0713 e. The zero-order chi connectivity index (χ0) is 10.4. The van der Waals surface area contributed by atoms with Crippen molar-refractivity contribution in [2.45, 2.75) is 46.3 Å². The van der Waals surface area contributed by atoms with Crippen LogP contribution >= 0.6 is 0 Å². The summed E-state index contributed by atoms with van der Waals surface area (Å²) in [6, 6.07) is 0.722. The van der Waals surface area contributed by atoms with Crippen molar-refractivity contribution in [1.29, 1.82) is 0 Å². The lowest BCUT2D eigenvalue weighted by molar-refractivity contribution is 0.111. The van der Waals surface area contributed by atoms with Crippen LogP contribution in [0.1, 0.15) is 34.1 Å². The van der Waals surface area contributed by atoms with Crippen molar-refractivity contribution in [2.75, 3.05) is 20.7 Å². The summed E-state index contributed by atoms with van der Waals surface area (Å²) in [4.78, 5) is 2.40. The molecule has 1 heterocycles. The van der Waals surface area contributed by atoms with Crippen LogP contribution < -0.4 is 0 Å². The Labute approximate surface area is 83.3 Å². The molecule has 13 heavy (non-hydrogen) atoms. The highest BCUT2D eigenvalue weighted by molar-refractivity contribution is 4.85. The van der Waals surface area contributed by atoms with Crippen LogP contribution in [0, 0.1) is 5.92 Å². The van der Waals surface area contributed by atoms with Crippen LogP contribution in [0.3, 0.4) is 0 Å². The Morgan fingerprint density at radius 1 is 1.31 bits per heavy atom. The highest BCUT2D eigenvalue weighted by atomic mass is 16.5. The van der Waals surface area contributed by atoms with Crippen molar-refractivity contribution in [3.8, 4) is 0 Å². The Hall–Kier alpha value is -0.0800. The van der Waals surface area contributed by atoms with E-state index < -0.39 is 0 Å². The van der Waals surface area contributed by atoms with Gasteiger partial charge in [0.1, 0.15) is 0 Å². The number of hydrogen-bond acceptors (Lipinski definition) is 2. The van der Waals surface area contributed by atoms with Crippen molar-refractivity contribution in [1.82, 2.24) is 4.90 Å². The normalized spacial score (nSPS) is 28.8. The number of likely N-dealkylation sites (N-methyl/N-ethyl adjacent to an activating group) is 1. The molecule has 1 aliphatic heterocycles. The van der Waals surface area contributed by atoms with Crippen molar-refractivity contribution >= 4 is 0 Å². The first-order valence-corrected chi connectivity index (χ1v) is 5.38. The third-order valence-corrected chi connectivity index (χ3v) is 2.67. The van der Waals surface area contributed by atoms with Gasteiger partial charge in [-0.1, -0.05) is 27.7 Å². The minimum absolute atomic E-state index is 0.465. The Balaban J connectivity index is 0.000000671. The summed E-state index contributed by atoms with van der Waals surface area (Å²) in [6.07, 6.45) is 1.66. The van der Waals surface area contributed by atoms with E-state index in [2.05, 4.69) is 25.8 Å². The second-order valence-electron chi connectivity index (χ2n) is 3.84. The molecule has 0 saturated carbocycles. The first-order valence-electron chi connectivity index (χ1n) is 5.38. The lowest BCUT2D eigenvalue weighted by Crippen LogP contribution is -2.29. The van der Waals surface area contributed by atoms with Crippen LogP contribution in [-0.4, -0.2) is 37.7 Å². The molecule has 0 aromatic rings. The molecule has 1 saturated heterocycles. The molecule has 2 unspecified atom stereocenters. The van der Waals surface area contributed by atoms with Crippen LogP contribution in [0.15, 0.2) is 0 Å². The maximum Gasteiger partial charge on any atom is 0.0713 e. The maximum absolute atomic E-state index is 5.32. The standard InChI is InChI=1S/C9H19NO.C2H6/c1-7(2)9-5-8(11-4)6-10(9)3;1-2/h7-9H,5-6H2,1-4H3;1-2H3.